The number of nitrogens with one attached hydrogen (secondary N) is 1. The fourth-order valence-electron chi connectivity index (χ4n) is 1.41. The summed E-state index contributed by atoms with van der Waals surface area (Å²) in [4.78, 5) is 11.7. The molecule has 1 rings (SSSR count). The second-order valence-electron chi connectivity index (χ2n) is 4.51. The van der Waals surface area contributed by atoms with Crippen molar-refractivity contribution in [1.82, 2.24) is 0 Å². The molecule has 1 aromatic rings. The van der Waals surface area contributed by atoms with Gasteiger partial charge in [-0.15, -0.1) is 0 Å². The topological polar surface area (TPSA) is 64.3 Å². The quantitative estimate of drug-likeness (QED) is 0.865. The van der Waals surface area contributed by atoms with Crippen LogP contribution in [0.15, 0.2) is 18.2 Å². The average Bonchev–Trinajstić information content (AvgIpc) is 2.28. The number of hydrogen-bond donors (Lipinski definition) is 2. The Hall–Kier alpha value is -1.26. The Labute approximate surface area is 112 Å². The maximum Gasteiger partial charge on any atom is 0.225 e. The van der Waals surface area contributed by atoms with Gasteiger partial charge in [-0.25, -0.2) is 0 Å². The van der Waals surface area contributed by atoms with E-state index in [1.54, 1.807) is 25.3 Å². The second-order valence-corrected chi connectivity index (χ2v) is 4.92. The van der Waals surface area contributed by atoms with Crippen molar-refractivity contribution in [1.29, 1.82) is 0 Å². The van der Waals surface area contributed by atoms with Gasteiger partial charge in [-0.1, -0.05) is 25.4 Å². The Balaban J connectivity index is 2.62. The number of carbonyl (C=O) groups is 1. The van der Waals surface area contributed by atoms with Crippen molar-refractivity contribution in [3.8, 4) is 5.75 Å². The first-order chi connectivity index (χ1) is 8.43. The number of benzene rings is 1. The Morgan fingerprint density at radius 2 is 2.17 bits per heavy atom. The molecule has 0 aromatic heterocycles. The summed E-state index contributed by atoms with van der Waals surface area (Å²) in [6.45, 7) is 3.98. The third kappa shape index (κ3) is 4.20. The molecule has 0 heterocycles. The van der Waals surface area contributed by atoms with Crippen LogP contribution in [0.3, 0.4) is 0 Å². The van der Waals surface area contributed by atoms with Crippen LogP contribution >= 0.6 is 11.6 Å². The highest BCUT2D eigenvalue weighted by molar-refractivity contribution is 6.32. The van der Waals surface area contributed by atoms with Crippen LogP contribution in [-0.2, 0) is 4.79 Å². The van der Waals surface area contributed by atoms with Crippen LogP contribution in [-0.4, -0.2) is 19.1 Å². The van der Waals surface area contributed by atoms with Crippen LogP contribution in [0.25, 0.3) is 0 Å². The molecule has 1 unspecified atom stereocenters. The van der Waals surface area contributed by atoms with Gasteiger partial charge in [0.2, 0.25) is 5.91 Å². The van der Waals surface area contributed by atoms with Crippen LogP contribution in [0, 0.1) is 5.92 Å². The predicted molar refractivity (Wildman–Crippen MR) is 74.1 cm³/mol. The minimum Gasteiger partial charge on any atom is -0.495 e. The molecule has 18 heavy (non-hydrogen) atoms. The third-order valence-corrected chi connectivity index (χ3v) is 3.01. The van der Waals surface area contributed by atoms with Crippen molar-refractivity contribution in [3.63, 3.8) is 0 Å². The normalized spacial score (nSPS) is 12.3. The van der Waals surface area contributed by atoms with Gasteiger partial charge in [0, 0.05) is 18.2 Å². The molecule has 0 spiro atoms. The summed E-state index contributed by atoms with van der Waals surface area (Å²) in [6.07, 6.45) is 0.293. The van der Waals surface area contributed by atoms with Crippen LogP contribution in [0.5, 0.6) is 5.75 Å². The van der Waals surface area contributed by atoms with Crippen molar-refractivity contribution in [3.05, 3.63) is 23.2 Å². The Bertz CT molecular complexity index is 421. The van der Waals surface area contributed by atoms with Gasteiger partial charge in [0.05, 0.1) is 12.1 Å². The number of carbonyl (C=O) groups excluding carboxylic acids is 1. The molecule has 1 aromatic carbocycles. The molecule has 5 heteroatoms. The largest absolute Gasteiger partial charge is 0.495 e. The third-order valence-electron chi connectivity index (χ3n) is 2.71. The smallest absolute Gasteiger partial charge is 0.225 e. The summed E-state index contributed by atoms with van der Waals surface area (Å²) in [5, 5.41) is 3.22. The van der Waals surface area contributed by atoms with E-state index < -0.39 is 0 Å². The first-order valence-corrected chi connectivity index (χ1v) is 6.20. The number of ether oxygens (including phenoxy) is 1. The summed E-state index contributed by atoms with van der Waals surface area (Å²) in [5.41, 5.74) is 6.48. The average molecular weight is 271 g/mol. The second kappa shape index (κ2) is 6.61. The maximum absolute atomic E-state index is 11.7. The number of halogens is 1. The van der Waals surface area contributed by atoms with Gasteiger partial charge in [-0.05, 0) is 24.1 Å². The first-order valence-electron chi connectivity index (χ1n) is 5.83. The molecule has 4 nitrogen and oxygen atoms in total. The lowest BCUT2D eigenvalue weighted by atomic mass is 10.0. The summed E-state index contributed by atoms with van der Waals surface area (Å²) in [7, 11) is 1.54. The number of methoxy groups -OCH3 is 1. The van der Waals surface area contributed by atoms with E-state index in [0.717, 1.165) is 0 Å². The minimum absolute atomic E-state index is 0.113. The highest BCUT2D eigenvalue weighted by Gasteiger charge is 2.13. The van der Waals surface area contributed by atoms with Crippen molar-refractivity contribution < 1.29 is 9.53 Å². The molecule has 1 atom stereocenters. The number of anilines is 1. The fourth-order valence-corrected chi connectivity index (χ4v) is 1.66. The van der Waals surface area contributed by atoms with Crippen LogP contribution < -0.4 is 15.8 Å². The monoisotopic (exact) mass is 270 g/mol. The van der Waals surface area contributed by atoms with Gasteiger partial charge in [-0.3, -0.25) is 4.79 Å². The molecular formula is C13H19ClN2O2. The van der Waals surface area contributed by atoms with E-state index in [1.807, 2.05) is 13.8 Å². The molecule has 3 N–H and O–H groups in total. The van der Waals surface area contributed by atoms with E-state index in [4.69, 9.17) is 22.1 Å². The van der Waals surface area contributed by atoms with E-state index in [9.17, 15) is 4.79 Å². The maximum atomic E-state index is 11.7. The highest BCUT2D eigenvalue weighted by atomic mass is 35.5. The van der Waals surface area contributed by atoms with E-state index in [2.05, 4.69) is 5.32 Å². The summed E-state index contributed by atoms with van der Waals surface area (Å²) in [6, 6.07) is 4.96. The van der Waals surface area contributed by atoms with E-state index in [0.29, 0.717) is 22.9 Å². The molecule has 0 aliphatic rings. The lowest BCUT2D eigenvalue weighted by Gasteiger charge is -2.15. The zero-order chi connectivity index (χ0) is 13.7. The van der Waals surface area contributed by atoms with Crippen LogP contribution in [0.4, 0.5) is 5.69 Å². The highest BCUT2D eigenvalue weighted by Crippen LogP contribution is 2.27. The zero-order valence-corrected chi connectivity index (χ0v) is 11.6. The molecule has 1 amide bonds. The summed E-state index contributed by atoms with van der Waals surface area (Å²) >= 11 is 5.97. The Morgan fingerprint density at radius 1 is 1.50 bits per heavy atom. The molecule has 0 saturated carbocycles. The zero-order valence-electron chi connectivity index (χ0n) is 10.9. The van der Waals surface area contributed by atoms with Crippen LogP contribution in [0.1, 0.15) is 20.3 Å². The first kappa shape index (κ1) is 14.8. The number of amides is 1. The van der Waals surface area contributed by atoms with Gasteiger partial charge in [0.1, 0.15) is 5.75 Å². The van der Waals surface area contributed by atoms with Crippen molar-refractivity contribution >= 4 is 23.2 Å². The Kier molecular flexibility index (Phi) is 5.44. The SMILES string of the molecule is COc1ccc(NC(=O)CC(N)C(C)C)cc1Cl. The number of rotatable bonds is 5. The van der Waals surface area contributed by atoms with Gasteiger partial charge in [-0.2, -0.15) is 0 Å². The predicted octanol–water partition coefficient (Wildman–Crippen LogP) is 2.66. The summed E-state index contributed by atoms with van der Waals surface area (Å²) < 4.78 is 5.04. The molecule has 0 aliphatic carbocycles. The van der Waals surface area contributed by atoms with Crippen LogP contribution in [0.2, 0.25) is 5.02 Å². The molecular weight excluding hydrogens is 252 g/mol. The Morgan fingerprint density at radius 3 is 2.67 bits per heavy atom. The summed E-state index contributed by atoms with van der Waals surface area (Å²) in [5.74, 6) is 0.737. The lowest BCUT2D eigenvalue weighted by molar-refractivity contribution is -0.116. The van der Waals surface area contributed by atoms with Gasteiger partial charge < -0.3 is 15.8 Å². The lowest BCUT2D eigenvalue weighted by Crippen LogP contribution is -2.31. The standard InChI is InChI=1S/C13H19ClN2O2/c1-8(2)11(15)7-13(17)16-9-4-5-12(18-3)10(14)6-9/h4-6,8,11H,7,15H2,1-3H3,(H,16,17). The minimum atomic E-state index is -0.140. The van der Waals surface area contributed by atoms with Crippen molar-refractivity contribution in [2.24, 2.45) is 11.7 Å². The molecule has 100 valence electrons. The van der Waals surface area contributed by atoms with Gasteiger partial charge in [0.15, 0.2) is 0 Å². The number of hydrogen-bond acceptors (Lipinski definition) is 3. The van der Waals surface area contributed by atoms with E-state index >= 15 is 0 Å². The molecule has 0 saturated heterocycles. The fraction of sp³-hybridized carbons (Fsp3) is 0.462. The van der Waals surface area contributed by atoms with Gasteiger partial charge in [0.25, 0.3) is 0 Å². The molecule has 0 aliphatic heterocycles. The van der Waals surface area contributed by atoms with Crippen molar-refractivity contribution in [2.45, 2.75) is 26.3 Å². The van der Waals surface area contributed by atoms with E-state index in [1.165, 1.54) is 0 Å². The molecule has 0 bridgehead atoms. The molecule has 0 radical (unpaired) electrons. The number of nitrogens with two attached hydrogens (primary N) is 1. The molecule has 0 fully saturated rings. The van der Waals surface area contributed by atoms with E-state index in [-0.39, 0.29) is 17.9 Å². The van der Waals surface area contributed by atoms with Crippen molar-refractivity contribution in [2.75, 3.05) is 12.4 Å². The van der Waals surface area contributed by atoms with Gasteiger partial charge >= 0.3 is 0 Å².